The molecule has 0 aromatic rings. The highest BCUT2D eigenvalue weighted by molar-refractivity contribution is 5.72. The Bertz CT molecular complexity index is 316. The van der Waals surface area contributed by atoms with Gasteiger partial charge >= 0.3 is 5.97 Å². The predicted octanol–water partition coefficient (Wildman–Crippen LogP) is 2.63. The summed E-state index contributed by atoms with van der Waals surface area (Å²) in [6, 6.07) is 0. The number of carbonyl (C=O) groups excluding carboxylic acids is 1. The lowest BCUT2D eigenvalue weighted by Crippen LogP contribution is -2.31. The first-order chi connectivity index (χ1) is 11.2. The van der Waals surface area contributed by atoms with E-state index in [-0.39, 0.29) is 24.1 Å². The van der Waals surface area contributed by atoms with Gasteiger partial charge < -0.3 is 19.1 Å². The van der Waals surface area contributed by atoms with E-state index in [4.69, 9.17) is 14.2 Å². The van der Waals surface area contributed by atoms with Crippen LogP contribution in [0, 0.1) is 5.92 Å². The Labute approximate surface area is 140 Å². The Morgan fingerprint density at radius 2 is 1.65 bits per heavy atom. The van der Waals surface area contributed by atoms with Crippen molar-refractivity contribution in [3.05, 3.63) is 0 Å². The molecule has 2 rings (SSSR count). The molecule has 0 saturated carbocycles. The summed E-state index contributed by atoms with van der Waals surface area (Å²) >= 11 is 0. The van der Waals surface area contributed by atoms with Gasteiger partial charge in [0, 0.05) is 19.8 Å². The van der Waals surface area contributed by atoms with E-state index in [2.05, 4.69) is 18.7 Å². The van der Waals surface area contributed by atoms with Crippen molar-refractivity contribution in [2.75, 3.05) is 39.5 Å². The van der Waals surface area contributed by atoms with Crippen molar-refractivity contribution in [1.29, 1.82) is 0 Å². The second kappa shape index (κ2) is 10.3. The number of likely N-dealkylation sites (N-methyl/N-ethyl adjacent to an activating group) is 1. The molecule has 134 valence electrons. The van der Waals surface area contributed by atoms with Crippen LogP contribution in [-0.2, 0) is 19.0 Å². The molecular weight excluding hydrogens is 294 g/mol. The van der Waals surface area contributed by atoms with Gasteiger partial charge in [-0.3, -0.25) is 4.79 Å². The zero-order valence-corrected chi connectivity index (χ0v) is 14.8. The molecule has 0 amide bonds. The van der Waals surface area contributed by atoms with Crippen LogP contribution in [0.2, 0.25) is 0 Å². The van der Waals surface area contributed by atoms with E-state index in [0.29, 0.717) is 6.61 Å². The number of hydrogen-bond donors (Lipinski definition) is 0. The largest absolute Gasteiger partial charge is 0.464 e. The van der Waals surface area contributed by atoms with E-state index in [1.165, 1.54) is 0 Å². The van der Waals surface area contributed by atoms with Crippen LogP contribution in [0.5, 0.6) is 0 Å². The highest BCUT2D eigenvalue weighted by Gasteiger charge is 2.30. The SMILES string of the molecule is CCN(CC)CCOC(=O)C(CC1CCCO1)CC1CCCO1. The summed E-state index contributed by atoms with van der Waals surface area (Å²) in [6.07, 6.45) is 6.34. The van der Waals surface area contributed by atoms with Crippen molar-refractivity contribution < 1.29 is 19.0 Å². The van der Waals surface area contributed by atoms with Crippen molar-refractivity contribution >= 4 is 5.97 Å². The first kappa shape index (κ1) is 18.7. The molecule has 0 radical (unpaired) electrons. The van der Waals surface area contributed by atoms with E-state index in [9.17, 15) is 4.79 Å². The van der Waals surface area contributed by atoms with Crippen LogP contribution in [0.15, 0.2) is 0 Å². The maximum absolute atomic E-state index is 12.5. The van der Waals surface area contributed by atoms with Gasteiger partial charge in [0.05, 0.1) is 18.1 Å². The van der Waals surface area contributed by atoms with Gasteiger partial charge in [0.2, 0.25) is 0 Å². The molecular formula is C18H33NO4. The molecule has 2 fully saturated rings. The topological polar surface area (TPSA) is 48.0 Å². The fraction of sp³-hybridized carbons (Fsp3) is 0.944. The Hall–Kier alpha value is -0.650. The Morgan fingerprint density at radius 1 is 1.09 bits per heavy atom. The van der Waals surface area contributed by atoms with Crippen molar-refractivity contribution in [3.8, 4) is 0 Å². The lowest BCUT2D eigenvalue weighted by atomic mass is 9.93. The van der Waals surface area contributed by atoms with E-state index in [0.717, 1.165) is 71.4 Å². The lowest BCUT2D eigenvalue weighted by molar-refractivity contribution is -0.151. The summed E-state index contributed by atoms with van der Waals surface area (Å²) in [5.74, 6) is -0.152. The average molecular weight is 327 g/mol. The van der Waals surface area contributed by atoms with Crippen LogP contribution < -0.4 is 0 Å². The first-order valence-electron chi connectivity index (χ1n) is 9.35. The number of rotatable bonds is 10. The fourth-order valence-corrected chi connectivity index (χ4v) is 3.52. The van der Waals surface area contributed by atoms with Crippen molar-refractivity contribution in [2.45, 2.75) is 64.6 Å². The van der Waals surface area contributed by atoms with Crippen LogP contribution in [-0.4, -0.2) is 62.5 Å². The summed E-state index contributed by atoms with van der Waals surface area (Å²) < 4.78 is 17.0. The van der Waals surface area contributed by atoms with Crippen LogP contribution in [0.4, 0.5) is 0 Å². The number of ether oxygens (including phenoxy) is 3. The Balaban J connectivity index is 1.79. The van der Waals surface area contributed by atoms with Gasteiger partial charge in [-0.25, -0.2) is 0 Å². The van der Waals surface area contributed by atoms with E-state index in [1.54, 1.807) is 0 Å². The van der Waals surface area contributed by atoms with Gasteiger partial charge in [-0.1, -0.05) is 13.8 Å². The molecule has 2 heterocycles. The summed E-state index contributed by atoms with van der Waals surface area (Å²) in [4.78, 5) is 14.8. The third kappa shape index (κ3) is 6.40. The predicted molar refractivity (Wildman–Crippen MR) is 89.4 cm³/mol. The second-order valence-electron chi connectivity index (χ2n) is 6.63. The molecule has 2 saturated heterocycles. The molecule has 5 nitrogen and oxygen atoms in total. The van der Waals surface area contributed by atoms with Crippen molar-refractivity contribution in [3.63, 3.8) is 0 Å². The minimum Gasteiger partial charge on any atom is -0.464 e. The van der Waals surface area contributed by atoms with E-state index < -0.39 is 0 Å². The fourth-order valence-electron chi connectivity index (χ4n) is 3.52. The highest BCUT2D eigenvalue weighted by atomic mass is 16.5. The van der Waals surface area contributed by atoms with Gasteiger partial charge in [0.15, 0.2) is 0 Å². The van der Waals surface area contributed by atoms with Gasteiger partial charge in [-0.15, -0.1) is 0 Å². The number of nitrogens with zero attached hydrogens (tertiary/aromatic N) is 1. The Kier molecular flexibility index (Phi) is 8.34. The maximum atomic E-state index is 12.5. The minimum atomic E-state index is -0.0853. The number of esters is 1. The molecule has 0 aliphatic carbocycles. The first-order valence-corrected chi connectivity index (χ1v) is 9.35. The molecule has 23 heavy (non-hydrogen) atoms. The zero-order chi connectivity index (χ0) is 16.5. The van der Waals surface area contributed by atoms with Crippen LogP contribution in [0.25, 0.3) is 0 Å². The molecule has 2 atom stereocenters. The molecule has 0 aromatic carbocycles. The monoisotopic (exact) mass is 327 g/mol. The third-order valence-electron chi connectivity index (χ3n) is 5.02. The van der Waals surface area contributed by atoms with Gasteiger partial charge in [0.25, 0.3) is 0 Å². The van der Waals surface area contributed by atoms with Crippen molar-refractivity contribution in [2.24, 2.45) is 5.92 Å². The highest BCUT2D eigenvalue weighted by Crippen LogP contribution is 2.27. The standard InChI is InChI=1S/C18H33NO4/c1-3-19(4-2)9-12-23-18(20)15(13-16-7-5-10-21-16)14-17-8-6-11-22-17/h15-17H,3-14H2,1-2H3. The molecule has 2 unspecified atom stereocenters. The smallest absolute Gasteiger partial charge is 0.309 e. The average Bonchev–Trinajstić information content (AvgIpc) is 3.24. The van der Waals surface area contributed by atoms with Gasteiger partial charge in [-0.05, 0) is 51.6 Å². The molecule has 5 heteroatoms. The molecule has 0 N–H and O–H groups in total. The Morgan fingerprint density at radius 3 is 2.09 bits per heavy atom. The second-order valence-corrected chi connectivity index (χ2v) is 6.63. The van der Waals surface area contributed by atoms with Crippen molar-refractivity contribution in [1.82, 2.24) is 4.90 Å². The summed E-state index contributed by atoms with van der Waals surface area (Å²) in [5, 5.41) is 0. The number of hydrogen-bond acceptors (Lipinski definition) is 5. The van der Waals surface area contributed by atoms with Crippen LogP contribution in [0.1, 0.15) is 52.4 Å². The van der Waals surface area contributed by atoms with Gasteiger partial charge in [0.1, 0.15) is 6.61 Å². The molecule has 2 aliphatic rings. The third-order valence-corrected chi connectivity index (χ3v) is 5.02. The molecule has 0 spiro atoms. The molecule has 0 aromatic heterocycles. The summed E-state index contributed by atoms with van der Waals surface area (Å²) in [7, 11) is 0. The molecule has 0 bridgehead atoms. The number of carbonyl (C=O) groups is 1. The lowest BCUT2D eigenvalue weighted by Gasteiger charge is -2.23. The summed E-state index contributed by atoms with van der Waals surface area (Å²) in [5.41, 5.74) is 0. The van der Waals surface area contributed by atoms with Gasteiger partial charge in [-0.2, -0.15) is 0 Å². The normalized spacial score (nSPS) is 25.9. The maximum Gasteiger partial charge on any atom is 0.309 e. The quantitative estimate of drug-likeness (QED) is 0.577. The minimum absolute atomic E-state index is 0.0665. The summed E-state index contributed by atoms with van der Waals surface area (Å²) in [6.45, 7) is 9.18. The van der Waals surface area contributed by atoms with E-state index >= 15 is 0 Å². The van der Waals surface area contributed by atoms with Crippen LogP contribution >= 0.6 is 0 Å². The molecule has 2 aliphatic heterocycles. The zero-order valence-electron chi connectivity index (χ0n) is 14.8. The van der Waals surface area contributed by atoms with E-state index in [1.807, 2.05) is 0 Å². The van der Waals surface area contributed by atoms with Crippen LogP contribution in [0.3, 0.4) is 0 Å².